The molecule has 0 saturated carbocycles. The molecule has 6 heteroatoms. The first-order valence-corrected chi connectivity index (χ1v) is 34.0. The second-order valence-corrected chi connectivity index (χ2v) is 22.3. The van der Waals surface area contributed by atoms with Gasteiger partial charge in [0.15, 0.2) is 6.10 Å². The maximum Gasteiger partial charge on any atom is 0.306 e. The van der Waals surface area contributed by atoms with Gasteiger partial charge in [0.2, 0.25) is 0 Å². The monoisotopic (exact) mass is 1120 g/mol. The molecule has 0 aliphatic rings. The summed E-state index contributed by atoms with van der Waals surface area (Å²) >= 11 is 0. The molecule has 0 rings (SSSR count). The van der Waals surface area contributed by atoms with Crippen molar-refractivity contribution in [1.29, 1.82) is 0 Å². The van der Waals surface area contributed by atoms with E-state index in [0.717, 1.165) is 135 Å². The highest BCUT2D eigenvalue weighted by molar-refractivity contribution is 5.71. The summed E-state index contributed by atoms with van der Waals surface area (Å²) in [5.41, 5.74) is 0. The highest BCUT2D eigenvalue weighted by Crippen LogP contribution is 2.17. The second kappa shape index (κ2) is 68.3. The SMILES string of the molecule is CC/C=C\C/C=C\C/C=C\C/C=C\C/C=C\C/C=C\CCCCCCCCCCC(=O)OCC(COC(=O)CCCCCCCCCCCCCCCCC)OC(=O)CCCCCCCCCC/C=C\C/C=C\C/C=C\C/C=C\CC. The number of unbranched alkanes of at least 4 members (excludes halogenated alkanes) is 30. The summed E-state index contributed by atoms with van der Waals surface area (Å²) in [7, 11) is 0. The van der Waals surface area contributed by atoms with E-state index in [1.54, 1.807) is 0 Å². The van der Waals surface area contributed by atoms with Crippen LogP contribution in [0.1, 0.15) is 316 Å². The Morgan fingerprint density at radius 2 is 0.481 bits per heavy atom. The summed E-state index contributed by atoms with van der Waals surface area (Å²) in [5, 5.41) is 0. The number of carbonyl (C=O) groups is 3. The molecule has 462 valence electrons. The second-order valence-electron chi connectivity index (χ2n) is 22.3. The van der Waals surface area contributed by atoms with Crippen molar-refractivity contribution in [3.8, 4) is 0 Å². The maximum absolute atomic E-state index is 12.9. The van der Waals surface area contributed by atoms with Crippen LogP contribution in [0, 0.1) is 0 Å². The van der Waals surface area contributed by atoms with Crippen molar-refractivity contribution in [1.82, 2.24) is 0 Å². The molecule has 1 atom stereocenters. The van der Waals surface area contributed by atoms with E-state index in [4.69, 9.17) is 14.2 Å². The zero-order chi connectivity index (χ0) is 58.5. The largest absolute Gasteiger partial charge is 0.462 e. The molecule has 81 heavy (non-hydrogen) atoms. The lowest BCUT2D eigenvalue weighted by Crippen LogP contribution is -2.30. The maximum atomic E-state index is 12.9. The van der Waals surface area contributed by atoms with Crippen molar-refractivity contribution < 1.29 is 28.6 Å². The van der Waals surface area contributed by atoms with Crippen LogP contribution in [0.15, 0.2) is 122 Å². The summed E-state index contributed by atoms with van der Waals surface area (Å²) in [5.74, 6) is -0.889. The molecule has 0 spiro atoms. The van der Waals surface area contributed by atoms with Crippen LogP contribution in [-0.2, 0) is 28.6 Å². The minimum Gasteiger partial charge on any atom is -0.462 e. The van der Waals surface area contributed by atoms with Gasteiger partial charge in [-0.3, -0.25) is 14.4 Å². The lowest BCUT2D eigenvalue weighted by atomic mass is 10.0. The number of hydrogen-bond acceptors (Lipinski definition) is 6. The topological polar surface area (TPSA) is 78.9 Å². The Hall–Kier alpha value is -4.19. The van der Waals surface area contributed by atoms with Crippen molar-refractivity contribution in [2.45, 2.75) is 322 Å². The van der Waals surface area contributed by atoms with Gasteiger partial charge in [0.25, 0.3) is 0 Å². The summed E-state index contributed by atoms with van der Waals surface area (Å²) in [6.07, 6.45) is 94.9. The van der Waals surface area contributed by atoms with Crippen LogP contribution < -0.4 is 0 Å². The van der Waals surface area contributed by atoms with Gasteiger partial charge in [-0.1, -0.05) is 309 Å². The molecule has 0 aromatic heterocycles. The molecule has 1 unspecified atom stereocenters. The average molecular weight is 1120 g/mol. The minimum absolute atomic E-state index is 0.0831. The highest BCUT2D eigenvalue weighted by atomic mass is 16.6. The molecule has 0 fully saturated rings. The fourth-order valence-corrected chi connectivity index (χ4v) is 9.44. The molecular weight excluding hydrogens is 997 g/mol. The van der Waals surface area contributed by atoms with Crippen LogP contribution >= 0.6 is 0 Å². The molecule has 0 saturated heterocycles. The zero-order valence-corrected chi connectivity index (χ0v) is 53.0. The van der Waals surface area contributed by atoms with Gasteiger partial charge < -0.3 is 14.2 Å². The third-order valence-corrected chi connectivity index (χ3v) is 14.5. The van der Waals surface area contributed by atoms with E-state index in [1.165, 1.54) is 141 Å². The quantitative estimate of drug-likeness (QED) is 0.0261. The van der Waals surface area contributed by atoms with E-state index in [9.17, 15) is 14.4 Å². The van der Waals surface area contributed by atoms with Gasteiger partial charge in [-0.15, -0.1) is 0 Å². The number of esters is 3. The third-order valence-electron chi connectivity index (χ3n) is 14.5. The van der Waals surface area contributed by atoms with Crippen LogP contribution in [0.5, 0.6) is 0 Å². The number of rotatable bonds is 61. The van der Waals surface area contributed by atoms with Gasteiger partial charge in [0.05, 0.1) is 0 Å². The van der Waals surface area contributed by atoms with Crippen LogP contribution in [0.25, 0.3) is 0 Å². The van der Waals surface area contributed by atoms with E-state index in [2.05, 4.69) is 142 Å². The fraction of sp³-hybridized carbons (Fsp3) is 0.693. The van der Waals surface area contributed by atoms with Gasteiger partial charge >= 0.3 is 17.9 Å². The standard InChI is InChI=1S/C75H126O6/c1-4-7-10-13-16-19-22-25-28-30-32-34-35-36-37-38-39-41-42-44-47-50-53-56-59-62-65-68-74(77)80-71-72(70-79-73(76)67-64-61-58-55-52-49-46-27-24-21-18-15-12-9-6-3)81-75(78)69-66-63-60-57-54-51-48-45-43-40-33-31-29-26-23-20-17-14-11-8-5-2/h7-8,10-11,16-17,19-20,25-26,28-29,32-34,36-37,39-41,72H,4-6,9,12-15,18,21-24,27,30-31,35,38,42-71H2,1-3H3/b10-7-,11-8-,19-16-,20-17-,28-25-,29-26-,34-32-,37-36-,40-33-,41-39-. The summed E-state index contributed by atoms with van der Waals surface area (Å²) < 4.78 is 17.0. The van der Waals surface area contributed by atoms with Crippen LogP contribution in [-0.4, -0.2) is 37.2 Å². The Labute approximate surface area is 501 Å². The van der Waals surface area contributed by atoms with Crippen molar-refractivity contribution in [3.63, 3.8) is 0 Å². The predicted molar refractivity (Wildman–Crippen MR) is 353 cm³/mol. The highest BCUT2D eigenvalue weighted by Gasteiger charge is 2.19. The van der Waals surface area contributed by atoms with Gasteiger partial charge in [0.1, 0.15) is 13.2 Å². The first kappa shape index (κ1) is 76.8. The minimum atomic E-state index is -0.789. The molecule has 0 aromatic rings. The van der Waals surface area contributed by atoms with Gasteiger partial charge in [-0.05, 0) is 109 Å². The van der Waals surface area contributed by atoms with Crippen molar-refractivity contribution >= 4 is 17.9 Å². The number of hydrogen-bond donors (Lipinski definition) is 0. The molecule has 0 amide bonds. The van der Waals surface area contributed by atoms with E-state index in [0.29, 0.717) is 19.3 Å². The fourth-order valence-electron chi connectivity index (χ4n) is 9.44. The molecule has 0 aliphatic heterocycles. The molecule has 0 radical (unpaired) electrons. The Kier molecular flexibility index (Phi) is 64.8. The summed E-state index contributed by atoms with van der Waals surface area (Å²) in [4.78, 5) is 38.4. The predicted octanol–water partition coefficient (Wildman–Crippen LogP) is 23.6. The molecular formula is C75H126O6. The Balaban J connectivity index is 4.38. The Morgan fingerprint density at radius 3 is 0.753 bits per heavy atom. The summed E-state index contributed by atoms with van der Waals surface area (Å²) in [6.45, 7) is 6.43. The lowest BCUT2D eigenvalue weighted by molar-refractivity contribution is -0.167. The molecule has 0 bridgehead atoms. The lowest BCUT2D eigenvalue weighted by Gasteiger charge is -2.18. The molecule has 0 aliphatic carbocycles. The molecule has 0 heterocycles. The third kappa shape index (κ3) is 66.5. The number of carbonyl (C=O) groups excluding carboxylic acids is 3. The van der Waals surface area contributed by atoms with Gasteiger partial charge in [0, 0.05) is 19.3 Å². The molecule has 0 aromatic carbocycles. The number of ether oxygens (including phenoxy) is 3. The van der Waals surface area contributed by atoms with Crippen LogP contribution in [0.2, 0.25) is 0 Å². The van der Waals surface area contributed by atoms with Crippen LogP contribution in [0.3, 0.4) is 0 Å². The van der Waals surface area contributed by atoms with Crippen molar-refractivity contribution in [3.05, 3.63) is 122 Å². The van der Waals surface area contributed by atoms with Crippen molar-refractivity contribution in [2.24, 2.45) is 0 Å². The smallest absolute Gasteiger partial charge is 0.306 e. The van der Waals surface area contributed by atoms with E-state index in [1.807, 2.05) is 0 Å². The first-order valence-electron chi connectivity index (χ1n) is 34.0. The first-order chi connectivity index (χ1) is 40.0. The van der Waals surface area contributed by atoms with E-state index in [-0.39, 0.29) is 31.1 Å². The summed E-state index contributed by atoms with van der Waals surface area (Å²) in [6, 6.07) is 0. The normalized spacial score (nSPS) is 12.9. The Bertz CT molecular complexity index is 1670. The van der Waals surface area contributed by atoms with E-state index >= 15 is 0 Å². The van der Waals surface area contributed by atoms with Gasteiger partial charge in [-0.2, -0.15) is 0 Å². The molecule has 6 nitrogen and oxygen atoms in total. The zero-order valence-electron chi connectivity index (χ0n) is 53.0. The van der Waals surface area contributed by atoms with Crippen molar-refractivity contribution in [2.75, 3.05) is 13.2 Å². The Morgan fingerprint density at radius 1 is 0.259 bits per heavy atom. The number of allylic oxidation sites excluding steroid dienone is 20. The van der Waals surface area contributed by atoms with Crippen LogP contribution in [0.4, 0.5) is 0 Å². The average Bonchev–Trinajstić information content (AvgIpc) is 3.47. The van der Waals surface area contributed by atoms with E-state index < -0.39 is 6.10 Å². The molecule has 0 N–H and O–H groups in total. The van der Waals surface area contributed by atoms with Gasteiger partial charge in [-0.25, -0.2) is 0 Å².